The number of carbonyl (C=O) groups excluding carboxylic acids is 1. The van der Waals surface area contributed by atoms with E-state index in [1.807, 2.05) is 0 Å². The lowest BCUT2D eigenvalue weighted by Gasteiger charge is -2.11. The molecule has 5 heteroatoms. The van der Waals surface area contributed by atoms with Crippen molar-refractivity contribution in [1.82, 2.24) is 5.48 Å². The minimum absolute atomic E-state index is 0.0262. The Kier molecular flexibility index (Phi) is 3.58. The van der Waals surface area contributed by atoms with Crippen molar-refractivity contribution < 1.29 is 14.0 Å². The van der Waals surface area contributed by atoms with Gasteiger partial charge >= 0.3 is 0 Å². The van der Waals surface area contributed by atoms with E-state index in [0.717, 1.165) is 31.7 Å². The summed E-state index contributed by atoms with van der Waals surface area (Å²) in [4.78, 5) is 16.9. The first-order chi connectivity index (χ1) is 8.16. The Labute approximate surface area is 98.9 Å². The molecule has 0 spiro atoms. The number of amides is 1. The van der Waals surface area contributed by atoms with Gasteiger partial charge in [0.1, 0.15) is 5.82 Å². The maximum Gasteiger partial charge on any atom is 0.274 e. The van der Waals surface area contributed by atoms with E-state index in [1.165, 1.54) is 12.1 Å². The van der Waals surface area contributed by atoms with Gasteiger partial charge in [-0.3, -0.25) is 9.63 Å². The molecule has 0 bridgehead atoms. The highest BCUT2D eigenvalue weighted by atomic mass is 19.1. The molecule has 3 N–H and O–H groups in total. The van der Waals surface area contributed by atoms with Gasteiger partial charge in [-0.05, 0) is 31.0 Å². The summed E-state index contributed by atoms with van der Waals surface area (Å²) in [5.74, 6) is -1.05. The standard InChI is InChI=1S/C12H15FN2O2/c13-10-7-8(5-6-11(10)14)12(16)15-17-9-3-1-2-4-9/h5-7,9H,1-4,14H2,(H,15,16). The number of carbonyl (C=O) groups is 1. The summed E-state index contributed by atoms with van der Waals surface area (Å²) >= 11 is 0. The molecular weight excluding hydrogens is 223 g/mol. The number of benzene rings is 1. The molecule has 0 aromatic heterocycles. The number of nitrogens with one attached hydrogen (secondary N) is 1. The van der Waals surface area contributed by atoms with Crippen molar-refractivity contribution in [3.8, 4) is 0 Å². The van der Waals surface area contributed by atoms with E-state index in [0.29, 0.717) is 0 Å². The molecular formula is C12H15FN2O2. The first-order valence-corrected chi connectivity index (χ1v) is 5.68. The Morgan fingerprint density at radius 3 is 2.76 bits per heavy atom. The zero-order valence-corrected chi connectivity index (χ0v) is 9.41. The number of halogens is 1. The molecule has 0 radical (unpaired) electrons. The number of anilines is 1. The summed E-state index contributed by atoms with van der Waals surface area (Å²) in [7, 11) is 0. The van der Waals surface area contributed by atoms with Crippen LogP contribution in [0, 0.1) is 5.82 Å². The third kappa shape index (κ3) is 2.94. The van der Waals surface area contributed by atoms with E-state index in [9.17, 15) is 9.18 Å². The second-order valence-corrected chi connectivity index (χ2v) is 4.19. The lowest BCUT2D eigenvalue weighted by molar-refractivity contribution is -0.0125. The Balaban J connectivity index is 1.92. The molecule has 0 atom stereocenters. The maximum atomic E-state index is 13.1. The van der Waals surface area contributed by atoms with Crippen LogP contribution < -0.4 is 11.2 Å². The third-order valence-electron chi connectivity index (χ3n) is 2.88. The SMILES string of the molecule is Nc1ccc(C(=O)NOC2CCCC2)cc1F. The van der Waals surface area contributed by atoms with Crippen molar-refractivity contribution >= 4 is 11.6 Å². The Morgan fingerprint density at radius 2 is 2.12 bits per heavy atom. The highest BCUT2D eigenvalue weighted by Crippen LogP contribution is 2.20. The molecule has 0 saturated heterocycles. The van der Waals surface area contributed by atoms with Gasteiger partial charge in [0.05, 0.1) is 11.8 Å². The summed E-state index contributed by atoms with van der Waals surface area (Å²) < 4.78 is 13.1. The minimum atomic E-state index is -0.599. The van der Waals surface area contributed by atoms with Crippen molar-refractivity contribution in [3.63, 3.8) is 0 Å². The van der Waals surface area contributed by atoms with E-state index in [2.05, 4.69) is 5.48 Å². The molecule has 1 aromatic carbocycles. The molecule has 1 aromatic rings. The molecule has 2 rings (SSSR count). The van der Waals surface area contributed by atoms with Crippen molar-refractivity contribution in [3.05, 3.63) is 29.6 Å². The topological polar surface area (TPSA) is 64.4 Å². The van der Waals surface area contributed by atoms with Gasteiger partial charge in [0.2, 0.25) is 0 Å². The molecule has 1 fully saturated rings. The monoisotopic (exact) mass is 238 g/mol. The summed E-state index contributed by atoms with van der Waals surface area (Å²) in [5, 5.41) is 0. The Bertz CT molecular complexity index is 417. The lowest BCUT2D eigenvalue weighted by Crippen LogP contribution is -2.28. The van der Waals surface area contributed by atoms with Crippen LogP contribution >= 0.6 is 0 Å². The van der Waals surface area contributed by atoms with Crippen molar-refractivity contribution in [1.29, 1.82) is 0 Å². The molecule has 1 aliphatic carbocycles. The highest BCUT2D eigenvalue weighted by Gasteiger charge is 2.17. The third-order valence-corrected chi connectivity index (χ3v) is 2.88. The predicted octanol–water partition coefficient (Wildman–Crippen LogP) is 2.01. The van der Waals surface area contributed by atoms with Crippen molar-refractivity contribution in [2.45, 2.75) is 31.8 Å². The number of nitrogens with two attached hydrogens (primary N) is 1. The summed E-state index contributed by atoms with van der Waals surface area (Å²) in [6.07, 6.45) is 4.23. The Hall–Kier alpha value is -1.62. The van der Waals surface area contributed by atoms with Crippen LogP contribution in [-0.2, 0) is 4.84 Å². The molecule has 1 saturated carbocycles. The molecule has 1 aliphatic rings. The second kappa shape index (κ2) is 5.14. The first-order valence-electron chi connectivity index (χ1n) is 5.68. The van der Waals surface area contributed by atoms with Gasteiger partial charge < -0.3 is 5.73 Å². The smallest absolute Gasteiger partial charge is 0.274 e. The van der Waals surface area contributed by atoms with Gasteiger partial charge in [0.15, 0.2) is 0 Å². The van der Waals surface area contributed by atoms with Gasteiger partial charge in [0.25, 0.3) is 5.91 Å². The zero-order valence-electron chi connectivity index (χ0n) is 9.41. The van der Waals surface area contributed by atoms with Crippen LogP contribution in [0.5, 0.6) is 0 Å². The summed E-state index contributed by atoms with van der Waals surface area (Å²) in [6, 6.07) is 3.92. The molecule has 4 nitrogen and oxygen atoms in total. The van der Waals surface area contributed by atoms with E-state index < -0.39 is 11.7 Å². The predicted molar refractivity (Wildman–Crippen MR) is 61.6 cm³/mol. The molecule has 1 amide bonds. The van der Waals surface area contributed by atoms with E-state index >= 15 is 0 Å². The molecule has 0 heterocycles. The van der Waals surface area contributed by atoms with Crippen molar-refractivity contribution in [2.75, 3.05) is 5.73 Å². The van der Waals surface area contributed by atoms with Crippen LogP contribution in [-0.4, -0.2) is 12.0 Å². The van der Waals surface area contributed by atoms with Crippen LogP contribution in [0.4, 0.5) is 10.1 Å². The molecule has 17 heavy (non-hydrogen) atoms. The quantitative estimate of drug-likeness (QED) is 0.625. The average molecular weight is 238 g/mol. The van der Waals surface area contributed by atoms with Crippen LogP contribution in [0.1, 0.15) is 36.0 Å². The zero-order chi connectivity index (χ0) is 12.3. The van der Waals surface area contributed by atoms with Crippen LogP contribution in [0.25, 0.3) is 0 Å². The van der Waals surface area contributed by atoms with E-state index in [-0.39, 0.29) is 17.4 Å². The van der Waals surface area contributed by atoms with E-state index in [1.54, 1.807) is 0 Å². The van der Waals surface area contributed by atoms with Gasteiger partial charge in [-0.25, -0.2) is 9.87 Å². The fraction of sp³-hybridized carbons (Fsp3) is 0.417. The van der Waals surface area contributed by atoms with Crippen molar-refractivity contribution in [2.24, 2.45) is 0 Å². The van der Waals surface area contributed by atoms with Gasteiger partial charge in [0, 0.05) is 5.56 Å². The van der Waals surface area contributed by atoms with Crippen LogP contribution in [0.2, 0.25) is 0 Å². The summed E-state index contributed by atoms with van der Waals surface area (Å²) in [5.41, 5.74) is 7.90. The molecule has 92 valence electrons. The number of hydrogen-bond donors (Lipinski definition) is 2. The number of rotatable bonds is 3. The fourth-order valence-electron chi connectivity index (χ4n) is 1.87. The second-order valence-electron chi connectivity index (χ2n) is 4.19. The van der Waals surface area contributed by atoms with Gasteiger partial charge in [-0.2, -0.15) is 0 Å². The minimum Gasteiger partial charge on any atom is -0.396 e. The van der Waals surface area contributed by atoms with Gasteiger partial charge in [-0.15, -0.1) is 0 Å². The number of hydroxylamine groups is 1. The first kappa shape index (κ1) is 11.9. The van der Waals surface area contributed by atoms with Crippen LogP contribution in [0.15, 0.2) is 18.2 Å². The lowest BCUT2D eigenvalue weighted by atomic mass is 10.2. The molecule has 0 unspecified atom stereocenters. The normalized spacial score (nSPS) is 16.1. The number of nitrogen functional groups attached to an aromatic ring is 1. The number of hydrogen-bond acceptors (Lipinski definition) is 3. The maximum absolute atomic E-state index is 13.1. The summed E-state index contributed by atoms with van der Waals surface area (Å²) in [6.45, 7) is 0. The Morgan fingerprint density at radius 1 is 1.41 bits per heavy atom. The van der Waals surface area contributed by atoms with Crippen LogP contribution in [0.3, 0.4) is 0 Å². The largest absolute Gasteiger partial charge is 0.396 e. The average Bonchev–Trinajstić information content (AvgIpc) is 2.82. The highest BCUT2D eigenvalue weighted by molar-refractivity contribution is 5.93. The van der Waals surface area contributed by atoms with E-state index in [4.69, 9.17) is 10.6 Å². The van der Waals surface area contributed by atoms with Gasteiger partial charge in [-0.1, -0.05) is 12.8 Å². The molecule has 0 aliphatic heterocycles. The fourth-order valence-corrected chi connectivity index (χ4v) is 1.87.